The number of carbonyl (C=O) groups is 2. The van der Waals surface area contributed by atoms with Gasteiger partial charge in [0.05, 0.1) is 16.3 Å². The lowest BCUT2D eigenvalue weighted by Gasteiger charge is -2.23. The molecule has 2 amide bonds. The number of carbonyl (C=O) groups excluding carboxylic acids is 2. The van der Waals surface area contributed by atoms with Crippen LogP contribution in [-0.4, -0.2) is 38.0 Å². The Hall–Kier alpha value is -4.79. The summed E-state index contributed by atoms with van der Waals surface area (Å²) in [5.41, 5.74) is 4.53. The second-order valence-electron chi connectivity index (χ2n) is 10.9. The number of hydrogen-bond donors (Lipinski definition) is 1. The lowest BCUT2D eigenvalue weighted by atomic mass is 9.92. The Morgan fingerprint density at radius 1 is 0.975 bits per heavy atom. The second-order valence-corrected chi connectivity index (χ2v) is 10.9. The van der Waals surface area contributed by atoms with Crippen molar-refractivity contribution in [2.24, 2.45) is 0 Å². The van der Waals surface area contributed by atoms with Crippen LogP contribution in [0.2, 0.25) is 0 Å². The molecule has 0 aliphatic carbocycles. The highest BCUT2D eigenvalue weighted by Gasteiger charge is 2.24. The van der Waals surface area contributed by atoms with E-state index in [1.807, 2.05) is 62.4 Å². The van der Waals surface area contributed by atoms with Crippen LogP contribution in [0.25, 0.3) is 5.69 Å². The van der Waals surface area contributed by atoms with E-state index in [0.717, 1.165) is 28.1 Å². The van der Waals surface area contributed by atoms with E-state index in [1.54, 1.807) is 4.68 Å². The summed E-state index contributed by atoms with van der Waals surface area (Å²) >= 11 is 0. The van der Waals surface area contributed by atoms with Gasteiger partial charge in [0, 0.05) is 35.7 Å². The number of hydrogen-bond acceptors (Lipinski definition) is 5. The first-order valence-electron chi connectivity index (χ1n) is 13.0. The minimum absolute atomic E-state index is 0.113. The van der Waals surface area contributed by atoms with Gasteiger partial charge in [0.25, 0.3) is 11.6 Å². The standard InChI is InChI=1S/C31H33N5O4/c1-21-11-16-26(22(2)17-21)35-28(18-27(33-35)31(3,4)5)32-29(37)20-34(19-23-9-7-6-8-10-23)30(38)24-12-14-25(15-13-24)36(39)40/h6-18H,19-20H2,1-5H3,(H,32,37). The maximum atomic E-state index is 13.5. The number of nitrogens with zero attached hydrogens (tertiary/aromatic N) is 4. The van der Waals surface area contributed by atoms with Crippen molar-refractivity contribution >= 4 is 23.3 Å². The van der Waals surface area contributed by atoms with Gasteiger partial charge in [-0.05, 0) is 43.2 Å². The smallest absolute Gasteiger partial charge is 0.269 e. The molecule has 40 heavy (non-hydrogen) atoms. The molecule has 0 saturated carbocycles. The van der Waals surface area contributed by atoms with E-state index in [4.69, 9.17) is 5.10 Å². The van der Waals surface area contributed by atoms with Gasteiger partial charge in [0.15, 0.2) is 0 Å². The van der Waals surface area contributed by atoms with Crippen LogP contribution in [0.1, 0.15) is 53.5 Å². The number of nitro groups is 1. The molecule has 1 N–H and O–H groups in total. The molecule has 0 saturated heterocycles. The predicted octanol–water partition coefficient (Wildman–Crippen LogP) is 5.98. The number of benzene rings is 3. The lowest BCUT2D eigenvalue weighted by Crippen LogP contribution is -2.37. The molecule has 4 rings (SSSR count). The molecular formula is C31H33N5O4. The van der Waals surface area contributed by atoms with Crippen LogP contribution in [0.4, 0.5) is 11.5 Å². The minimum atomic E-state index is -0.520. The summed E-state index contributed by atoms with van der Waals surface area (Å²) in [5.74, 6) is -0.297. The van der Waals surface area contributed by atoms with Crippen molar-refractivity contribution in [2.75, 3.05) is 11.9 Å². The predicted molar refractivity (Wildman–Crippen MR) is 155 cm³/mol. The van der Waals surface area contributed by atoms with Gasteiger partial charge >= 0.3 is 0 Å². The third-order valence-electron chi connectivity index (χ3n) is 6.49. The van der Waals surface area contributed by atoms with Crippen LogP contribution in [0.5, 0.6) is 0 Å². The minimum Gasteiger partial charge on any atom is -0.325 e. The molecule has 9 nitrogen and oxygen atoms in total. The van der Waals surface area contributed by atoms with Crippen molar-refractivity contribution in [3.8, 4) is 5.69 Å². The van der Waals surface area contributed by atoms with Crippen LogP contribution in [0.3, 0.4) is 0 Å². The van der Waals surface area contributed by atoms with Gasteiger partial charge in [-0.15, -0.1) is 0 Å². The zero-order chi connectivity index (χ0) is 29.0. The number of non-ortho nitro benzene ring substituents is 1. The molecule has 3 aromatic carbocycles. The van der Waals surface area contributed by atoms with Crippen LogP contribution in [-0.2, 0) is 16.8 Å². The molecule has 1 heterocycles. The van der Waals surface area contributed by atoms with Crippen molar-refractivity contribution in [2.45, 2.75) is 46.6 Å². The average Bonchev–Trinajstić information content (AvgIpc) is 3.32. The molecule has 9 heteroatoms. The second kappa shape index (κ2) is 11.5. The lowest BCUT2D eigenvalue weighted by molar-refractivity contribution is -0.384. The number of nitrogens with one attached hydrogen (secondary N) is 1. The van der Waals surface area contributed by atoms with Crippen molar-refractivity contribution in [1.29, 1.82) is 0 Å². The molecule has 0 spiro atoms. The molecule has 0 unspecified atom stereocenters. The van der Waals surface area contributed by atoms with E-state index >= 15 is 0 Å². The molecule has 0 atom stereocenters. The van der Waals surface area contributed by atoms with E-state index in [9.17, 15) is 19.7 Å². The Morgan fingerprint density at radius 3 is 2.25 bits per heavy atom. The summed E-state index contributed by atoms with van der Waals surface area (Å²) < 4.78 is 1.73. The normalized spacial score (nSPS) is 11.2. The molecule has 0 aliphatic rings. The number of anilines is 1. The molecular weight excluding hydrogens is 506 g/mol. The van der Waals surface area contributed by atoms with Gasteiger partial charge in [-0.25, -0.2) is 4.68 Å². The molecule has 1 aromatic heterocycles. The maximum absolute atomic E-state index is 13.5. The number of aryl methyl sites for hydroxylation is 2. The van der Waals surface area contributed by atoms with Crippen LogP contribution in [0, 0.1) is 24.0 Å². The van der Waals surface area contributed by atoms with Crippen molar-refractivity contribution in [3.63, 3.8) is 0 Å². The first-order valence-corrected chi connectivity index (χ1v) is 13.0. The Morgan fingerprint density at radius 2 is 1.65 bits per heavy atom. The van der Waals surface area contributed by atoms with Gasteiger partial charge in [-0.2, -0.15) is 5.10 Å². The van der Waals surface area contributed by atoms with Gasteiger partial charge in [-0.3, -0.25) is 19.7 Å². The zero-order valence-corrected chi connectivity index (χ0v) is 23.3. The van der Waals surface area contributed by atoms with E-state index < -0.39 is 16.7 Å². The van der Waals surface area contributed by atoms with Gasteiger partial charge < -0.3 is 10.2 Å². The molecule has 206 valence electrons. The number of rotatable bonds is 8. The Bertz CT molecular complexity index is 1540. The summed E-state index contributed by atoms with van der Waals surface area (Å²) in [4.78, 5) is 38.9. The SMILES string of the molecule is Cc1ccc(-n2nc(C(C)(C)C)cc2NC(=O)CN(Cc2ccccc2)C(=O)c2ccc([N+](=O)[O-])cc2)c(C)c1. The maximum Gasteiger partial charge on any atom is 0.269 e. The van der Waals surface area contributed by atoms with Crippen molar-refractivity contribution in [3.05, 3.63) is 117 Å². The van der Waals surface area contributed by atoms with Crippen molar-refractivity contribution < 1.29 is 14.5 Å². The summed E-state index contributed by atoms with van der Waals surface area (Å²) in [7, 11) is 0. The van der Waals surface area contributed by atoms with Crippen LogP contribution < -0.4 is 5.32 Å². The summed E-state index contributed by atoms with van der Waals surface area (Å²) in [6.45, 7) is 10.1. The highest BCUT2D eigenvalue weighted by Crippen LogP contribution is 2.28. The van der Waals surface area contributed by atoms with E-state index in [0.29, 0.717) is 5.82 Å². The first kappa shape index (κ1) is 28.2. The fraction of sp³-hybridized carbons (Fsp3) is 0.258. The topological polar surface area (TPSA) is 110 Å². The molecule has 0 bridgehead atoms. The van der Waals surface area contributed by atoms with Gasteiger partial charge in [-0.1, -0.05) is 68.8 Å². The number of nitro benzene ring substituents is 1. The molecule has 0 radical (unpaired) electrons. The fourth-order valence-electron chi connectivity index (χ4n) is 4.33. The molecule has 4 aromatic rings. The van der Waals surface area contributed by atoms with E-state index in [2.05, 4.69) is 32.2 Å². The zero-order valence-electron chi connectivity index (χ0n) is 23.3. The summed E-state index contributed by atoms with van der Waals surface area (Å²) in [6.07, 6.45) is 0. The average molecular weight is 540 g/mol. The third kappa shape index (κ3) is 6.61. The monoisotopic (exact) mass is 539 g/mol. The van der Waals surface area contributed by atoms with Crippen LogP contribution in [0.15, 0.2) is 78.9 Å². The fourth-order valence-corrected chi connectivity index (χ4v) is 4.33. The van der Waals surface area contributed by atoms with E-state index in [-0.39, 0.29) is 29.8 Å². The largest absolute Gasteiger partial charge is 0.325 e. The Labute approximate surface area is 233 Å². The highest BCUT2D eigenvalue weighted by atomic mass is 16.6. The summed E-state index contributed by atoms with van der Waals surface area (Å²) in [5, 5.41) is 18.8. The summed E-state index contributed by atoms with van der Waals surface area (Å²) in [6, 6.07) is 22.6. The third-order valence-corrected chi connectivity index (χ3v) is 6.49. The Balaban J connectivity index is 1.64. The van der Waals surface area contributed by atoms with Gasteiger partial charge in [0.2, 0.25) is 5.91 Å². The Kier molecular flexibility index (Phi) is 8.13. The molecule has 0 aliphatic heterocycles. The molecule has 0 fully saturated rings. The van der Waals surface area contributed by atoms with E-state index in [1.165, 1.54) is 29.2 Å². The quantitative estimate of drug-likeness (QED) is 0.219. The van der Waals surface area contributed by atoms with Crippen molar-refractivity contribution in [1.82, 2.24) is 14.7 Å². The van der Waals surface area contributed by atoms with Crippen LogP contribution >= 0.6 is 0 Å². The highest BCUT2D eigenvalue weighted by molar-refractivity contribution is 5.99. The van der Waals surface area contributed by atoms with Gasteiger partial charge in [0.1, 0.15) is 12.4 Å². The number of amides is 2. The first-order chi connectivity index (χ1) is 18.9. The number of aromatic nitrogens is 2.